The van der Waals surface area contributed by atoms with Gasteiger partial charge in [0.2, 0.25) is 0 Å². The van der Waals surface area contributed by atoms with Crippen LogP contribution in [0.2, 0.25) is 0 Å². The van der Waals surface area contributed by atoms with Crippen LogP contribution < -0.4 is 10.1 Å². The number of nitrogens with zero attached hydrogens (tertiary/aromatic N) is 1. The van der Waals surface area contributed by atoms with Gasteiger partial charge in [0.1, 0.15) is 17.4 Å². The fourth-order valence-electron chi connectivity index (χ4n) is 2.11. The Morgan fingerprint density at radius 3 is 2.54 bits per heavy atom. The van der Waals surface area contributed by atoms with Crippen molar-refractivity contribution in [3.8, 4) is 11.8 Å². The topological polar surface area (TPSA) is 62.1 Å². The predicted octanol–water partition coefficient (Wildman–Crippen LogP) is 4.62. The molecule has 2 rings (SSSR count). The van der Waals surface area contributed by atoms with Crippen molar-refractivity contribution in [2.45, 2.75) is 13.8 Å². The number of rotatable bonds is 4. The molecular weight excluding hydrogens is 368 g/mol. The van der Waals surface area contributed by atoms with Crippen molar-refractivity contribution in [2.24, 2.45) is 0 Å². The van der Waals surface area contributed by atoms with Crippen LogP contribution in [-0.4, -0.2) is 13.0 Å². The standard InChI is InChI=1S/C19H17BrN2O2/c1-12-4-6-16(8-13(12)2)22-19(23)15(11-21)9-14-5-7-18(24-3)17(20)10-14/h4-10H,1-3H3,(H,22,23)/b15-9+. The van der Waals surface area contributed by atoms with Gasteiger partial charge in [-0.25, -0.2) is 0 Å². The van der Waals surface area contributed by atoms with Crippen LogP contribution >= 0.6 is 15.9 Å². The number of carbonyl (C=O) groups excluding carboxylic acids is 1. The van der Waals surface area contributed by atoms with Crippen molar-refractivity contribution in [1.82, 2.24) is 0 Å². The normalized spacial score (nSPS) is 10.9. The summed E-state index contributed by atoms with van der Waals surface area (Å²) >= 11 is 3.39. The lowest BCUT2D eigenvalue weighted by molar-refractivity contribution is -0.112. The molecule has 1 amide bonds. The highest BCUT2D eigenvalue weighted by atomic mass is 79.9. The largest absolute Gasteiger partial charge is 0.496 e. The molecule has 0 saturated carbocycles. The molecule has 0 atom stereocenters. The van der Waals surface area contributed by atoms with Crippen LogP contribution in [0, 0.1) is 25.2 Å². The molecule has 0 fully saturated rings. The van der Waals surface area contributed by atoms with E-state index in [2.05, 4.69) is 21.2 Å². The van der Waals surface area contributed by atoms with Crippen molar-refractivity contribution in [3.63, 3.8) is 0 Å². The van der Waals surface area contributed by atoms with Crippen molar-refractivity contribution in [3.05, 3.63) is 63.1 Å². The third-order valence-electron chi connectivity index (χ3n) is 3.62. The molecule has 24 heavy (non-hydrogen) atoms. The summed E-state index contributed by atoms with van der Waals surface area (Å²) in [5, 5.41) is 12.0. The van der Waals surface area contributed by atoms with E-state index in [1.54, 1.807) is 31.4 Å². The molecular formula is C19H17BrN2O2. The van der Waals surface area contributed by atoms with E-state index in [9.17, 15) is 10.1 Å². The number of hydrogen-bond acceptors (Lipinski definition) is 3. The Hall–Kier alpha value is -2.58. The molecule has 0 aromatic heterocycles. The van der Waals surface area contributed by atoms with Crippen molar-refractivity contribution < 1.29 is 9.53 Å². The lowest BCUT2D eigenvalue weighted by Gasteiger charge is -2.07. The lowest BCUT2D eigenvalue weighted by atomic mass is 10.1. The zero-order valence-electron chi connectivity index (χ0n) is 13.7. The predicted molar refractivity (Wildman–Crippen MR) is 98.8 cm³/mol. The van der Waals surface area contributed by atoms with Gasteiger partial charge in [-0.1, -0.05) is 12.1 Å². The molecule has 5 heteroatoms. The number of hydrogen-bond donors (Lipinski definition) is 1. The molecule has 0 radical (unpaired) electrons. The number of anilines is 1. The zero-order chi connectivity index (χ0) is 17.7. The molecule has 0 aliphatic carbocycles. The molecule has 0 aliphatic heterocycles. The van der Waals surface area contributed by atoms with E-state index in [1.807, 2.05) is 38.1 Å². The Bertz CT molecular complexity index is 851. The molecule has 0 saturated heterocycles. The van der Waals surface area contributed by atoms with Crippen LogP contribution in [0.25, 0.3) is 6.08 Å². The molecule has 4 nitrogen and oxygen atoms in total. The van der Waals surface area contributed by atoms with Gasteiger partial charge in [0.25, 0.3) is 5.91 Å². The van der Waals surface area contributed by atoms with Gasteiger partial charge in [0.15, 0.2) is 0 Å². The Morgan fingerprint density at radius 1 is 1.21 bits per heavy atom. The van der Waals surface area contributed by atoms with Crippen molar-refractivity contribution in [2.75, 3.05) is 12.4 Å². The maximum Gasteiger partial charge on any atom is 0.266 e. The van der Waals surface area contributed by atoms with Crippen molar-refractivity contribution >= 4 is 33.6 Å². The Balaban J connectivity index is 2.23. The van der Waals surface area contributed by atoms with E-state index in [4.69, 9.17) is 4.74 Å². The first-order chi connectivity index (χ1) is 11.4. The van der Waals surface area contributed by atoms with Crippen LogP contribution in [0.15, 0.2) is 46.4 Å². The monoisotopic (exact) mass is 384 g/mol. The number of aryl methyl sites for hydroxylation is 2. The molecule has 1 N–H and O–H groups in total. The third kappa shape index (κ3) is 4.24. The second-order valence-electron chi connectivity index (χ2n) is 5.32. The van der Waals surface area contributed by atoms with Gasteiger partial charge in [-0.3, -0.25) is 4.79 Å². The summed E-state index contributed by atoms with van der Waals surface area (Å²) in [6.07, 6.45) is 1.54. The molecule has 0 heterocycles. The van der Waals surface area contributed by atoms with Crippen LogP contribution in [0.5, 0.6) is 5.75 Å². The van der Waals surface area contributed by atoms with Gasteiger partial charge in [0.05, 0.1) is 11.6 Å². The number of methoxy groups -OCH3 is 1. The first-order valence-electron chi connectivity index (χ1n) is 7.28. The highest BCUT2D eigenvalue weighted by molar-refractivity contribution is 9.10. The van der Waals surface area contributed by atoms with E-state index in [0.717, 1.165) is 21.2 Å². The smallest absolute Gasteiger partial charge is 0.266 e. The third-order valence-corrected chi connectivity index (χ3v) is 4.24. The summed E-state index contributed by atoms with van der Waals surface area (Å²) in [4.78, 5) is 12.3. The van der Waals surface area contributed by atoms with Gasteiger partial charge in [-0.05, 0) is 76.8 Å². The second-order valence-corrected chi connectivity index (χ2v) is 6.17. The Labute approximate surface area is 149 Å². The minimum absolute atomic E-state index is 0.0327. The minimum atomic E-state index is -0.437. The van der Waals surface area contributed by atoms with E-state index < -0.39 is 5.91 Å². The fraction of sp³-hybridized carbons (Fsp3) is 0.158. The summed E-state index contributed by atoms with van der Waals surface area (Å²) in [6, 6.07) is 12.9. The van der Waals surface area contributed by atoms with E-state index in [1.165, 1.54) is 0 Å². The van der Waals surface area contributed by atoms with Crippen molar-refractivity contribution in [1.29, 1.82) is 5.26 Å². The summed E-state index contributed by atoms with van der Waals surface area (Å²) in [7, 11) is 1.58. The van der Waals surface area contributed by atoms with E-state index in [0.29, 0.717) is 11.4 Å². The second kappa shape index (κ2) is 7.80. The number of nitriles is 1. The quantitative estimate of drug-likeness (QED) is 0.617. The van der Waals surface area contributed by atoms with Gasteiger partial charge in [0, 0.05) is 5.69 Å². The number of amides is 1. The molecule has 0 bridgehead atoms. The maximum absolute atomic E-state index is 12.3. The summed E-state index contributed by atoms with van der Waals surface area (Å²) in [5.74, 6) is 0.248. The molecule has 0 spiro atoms. The zero-order valence-corrected chi connectivity index (χ0v) is 15.3. The molecule has 122 valence electrons. The number of benzene rings is 2. The fourth-order valence-corrected chi connectivity index (χ4v) is 2.66. The summed E-state index contributed by atoms with van der Waals surface area (Å²) in [5.41, 5.74) is 3.65. The number of ether oxygens (including phenoxy) is 1. The van der Waals surface area contributed by atoms with Crippen LogP contribution in [0.3, 0.4) is 0 Å². The molecule has 2 aromatic rings. The van der Waals surface area contributed by atoms with Gasteiger partial charge < -0.3 is 10.1 Å². The first-order valence-corrected chi connectivity index (χ1v) is 8.08. The molecule has 0 unspecified atom stereocenters. The number of halogens is 1. The first kappa shape index (κ1) is 17.8. The molecule has 0 aliphatic rings. The van der Waals surface area contributed by atoms with E-state index in [-0.39, 0.29) is 5.57 Å². The summed E-state index contributed by atoms with van der Waals surface area (Å²) < 4.78 is 5.92. The Morgan fingerprint density at radius 2 is 1.96 bits per heavy atom. The average molecular weight is 385 g/mol. The minimum Gasteiger partial charge on any atom is -0.496 e. The van der Waals surface area contributed by atoms with Crippen LogP contribution in [0.1, 0.15) is 16.7 Å². The van der Waals surface area contributed by atoms with Gasteiger partial charge in [-0.2, -0.15) is 5.26 Å². The SMILES string of the molecule is COc1ccc(/C=C(\C#N)C(=O)Nc2ccc(C)c(C)c2)cc1Br. The van der Waals surface area contributed by atoms with Crippen LogP contribution in [-0.2, 0) is 4.79 Å². The number of nitrogens with one attached hydrogen (secondary N) is 1. The average Bonchev–Trinajstić information content (AvgIpc) is 2.56. The van der Waals surface area contributed by atoms with Crippen LogP contribution in [0.4, 0.5) is 5.69 Å². The Kier molecular flexibility index (Phi) is 5.78. The highest BCUT2D eigenvalue weighted by Gasteiger charge is 2.10. The number of carbonyl (C=O) groups is 1. The van der Waals surface area contributed by atoms with Gasteiger partial charge in [-0.15, -0.1) is 0 Å². The lowest BCUT2D eigenvalue weighted by Crippen LogP contribution is -2.13. The maximum atomic E-state index is 12.3. The van der Waals surface area contributed by atoms with Gasteiger partial charge >= 0.3 is 0 Å². The van der Waals surface area contributed by atoms with E-state index >= 15 is 0 Å². The highest BCUT2D eigenvalue weighted by Crippen LogP contribution is 2.26. The molecule has 2 aromatic carbocycles. The summed E-state index contributed by atoms with van der Waals surface area (Å²) in [6.45, 7) is 3.98.